The molecule has 0 fully saturated rings. The fourth-order valence-electron chi connectivity index (χ4n) is 2.70. The average molecular weight is 271 g/mol. The predicted molar refractivity (Wildman–Crippen MR) is 85.0 cm³/mol. The second-order valence-electron chi connectivity index (χ2n) is 5.08. The van der Waals surface area contributed by atoms with Crippen molar-refractivity contribution < 1.29 is 0 Å². The van der Waals surface area contributed by atoms with E-state index in [1.807, 2.05) is 43.6 Å². The minimum absolute atomic E-state index is 0.891. The first kappa shape index (κ1) is 12.0. The Balaban J connectivity index is 2.09. The largest absolute Gasteiger partial charge is 0.261 e. The Labute approximate surface area is 122 Å². The molecule has 0 aliphatic carbocycles. The highest BCUT2D eigenvalue weighted by Crippen LogP contribution is 2.30. The van der Waals surface area contributed by atoms with Gasteiger partial charge in [0.15, 0.2) is 0 Å². The minimum atomic E-state index is 0.891. The van der Waals surface area contributed by atoms with Crippen LogP contribution < -0.4 is 0 Å². The van der Waals surface area contributed by atoms with E-state index >= 15 is 0 Å². The molecule has 4 rings (SSSR count). The maximum atomic E-state index is 4.52. The topological polar surface area (TPSA) is 38.7 Å². The number of rotatable bonds is 1. The standard InChI is InChI=1S/C18H13N3/c1-12-10-13-5-6-15-14(16(13)11-21-12)7-9-20-18(15)17-4-2-3-8-19-17/h2-11H,1H3. The van der Waals surface area contributed by atoms with Gasteiger partial charge in [-0.2, -0.15) is 0 Å². The van der Waals surface area contributed by atoms with Gasteiger partial charge in [0.05, 0.1) is 11.4 Å². The zero-order chi connectivity index (χ0) is 14.2. The minimum Gasteiger partial charge on any atom is -0.261 e. The van der Waals surface area contributed by atoms with Crippen molar-refractivity contribution in [3.05, 3.63) is 66.7 Å². The quantitative estimate of drug-likeness (QED) is 0.488. The van der Waals surface area contributed by atoms with Crippen LogP contribution in [-0.2, 0) is 0 Å². The van der Waals surface area contributed by atoms with Crippen LogP contribution in [0.1, 0.15) is 5.69 Å². The first-order chi connectivity index (χ1) is 10.3. The Morgan fingerprint density at radius 3 is 2.57 bits per heavy atom. The maximum absolute atomic E-state index is 4.52. The summed E-state index contributed by atoms with van der Waals surface area (Å²) in [7, 11) is 0. The molecule has 4 aromatic rings. The SMILES string of the molecule is Cc1cc2ccc3c(-c4ccccn4)nccc3c2cn1. The molecule has 3 nitrogen and oxygen atoms in total. The molecule has 3 aromatic heterocycles. The van der Waals surface area contributed by atoms with E-state index in [1.54, 1.807) is 6.20 Å². The van der Waals surface area contributed by atoms with E-state index in [4.69, 9.17) is 0 Å². The molecule has 0 N–H and O–H groups in total. The number of nitrogens with zero attached hydrogens (tertiary/aromatic N) is 3. The molecular weight excluding hydrogens is 258 g/mol. The van der Waals surface area contributed by atoms with Crippen molar-refractivity contribution in [2.75, 3.05) is 0 Å². The van der Waals surface area contributed by atoms with Crippen molar-refractivity contribution in [3.8, 4) is 11.4 Å². The van der Waals surface area contributed by atoms with E-state index in [-0.39, 0.29) is 0 Å². The van der Waals surface area contributed by atoms with Gasteiger partial charge in [-0.25, -0.2) is 0 Å². The molecule has 0 atom stereocenters. The predicted octanol–water partition coefficient (Wildman–Crippen LogP) is 4.15. The summed E-state index contributed by atoms with van der Waals surface area (Å²) in [5.41, 5.74) is 2.83. The van der Waals surface area contributed by atoms with Gasteiger partial charge in [0, 0.05) is 35.1 Å². The van der Waals surface area contributed by atoms with Gasteiger partial charge in [0.2, 0.25) is 0 Å². The summed E-state index contributed by atoms with van der Waals surface area (Å²) < 4.78 is 0. The van der Waals surface area contributed by atoms with Gasteiger partial charge in [-0.15, -0.1) is 0 Å². The van der Waals surface area contributed by atoms with Gasteiger partial charge < -0.3 is 0 Å². The summed E-state index contributed by atoms with van der Waals surface area (Å²) in [5.74, 6) is 0. The van der Waals surface area contributed by atoms with Gasteiger partial charge in [0.1, 0.15) is 0 Å². The molecule has 1 aromatic carbocycles. The zero-order valence-electron chi connectivity index (χ0n) is 11.6. The van der Waals surface area contributed by atoms with Gasteiger partial charge in [-0.05, 0) is 42.0 Å². The van der Waals surface area contributed by atoms with E-state index in [2.05, 4.69) is 33.2 Å². The third kappa shape index (κ3) is 1.94. The van der Waals surface area contributed by atoms with Crippen molar-refractivity contribution in [2.45, 2.75) is 6.92 Å². The van der Waals surface area contributed by atoms with Crippen molar-refractivity contribution in [2.24, 2.45) is 0 Å². The summed E-state index contributed by atoms with van der Waals surface area (Å²) in [6.07, 6.45) is 5.57. The molecule has 0 aliphatic heterocycles. The van der Waals surface area contributed by atoms with E-state index in [1.165, 1.54) is 5.39 Å². The van der Waals surface area contributed by atoms with Crippen LogP contribution in [0.4, 0.5) is 0 Å². The summed E-state index contributed by atoms with van der Waals surface area (Å²) in [5, 5.41) is 4.62. The Kier molecular flexibility index (Phi) is 2.64. The van der Waals surface area contributed by atoms with Crippen LogP contribution in [0.3, 0.4) is 0 Å². The molecule has 0 spiro atoms. The van der Waals surface area contributed by atoms with Crippen LogP contribution in [0.2, 0.25) is 0 Å². The molecule has 0 aliphatic rings. The summed E-state index contributed by atoms with van der Waals surface area (Å²) in [4.78, 5) is 13.4. The Morgan fingerprint density at radius 2 is 1.71 bits per heavy atom. The lowest BCUT2D eigenvalue weighted by atomic mass is 10.0. The molecule has 21 heavy (non-hydrogen) atoms. The van der Waals surface area contributed by atoms with Crippen molar-refractivity contribution in [3.63, 3.8) is 0 Å². The van der Waals surface area contributed by atoms with Crippen LogP contribution in [0, 0.1) is 6.92 Å². The fraction of sp³-hybridized carbons (Fsp3) is 0.0556. The van der Waals surface area contributed by atoms with Crippen LogP contribution in [0.25, 0.3) is 32.9 Å². The molecule has 0 bridgehead atoms. The summed E-state index contributed by atoms with van der Waals surface area (Å²) in [6.45, 7) is 2.01. The van der Waals surface area contributed by atoms with Crippen molar-refractivity contribution in [1.82, 2.24) is 15.0 Å². The van der Waals surface area contributed by atoms with Crippen molar-refractivity contribution in [1.29, 1.82) is 0 Å². The number of hydrogen-bond acceptors (Lipinski definition) is 3. The molecule has 0 radical (unpaired) electrons. The lowest BCUT2D eigenvalue weighted by molar-refractivity contribution is 1.23. The highest BCUT2D eigenvalue weighted by molar-refractivity contribution is 6.10. The molecule has 100 valence electrons. The van der Waals surface area contributed by atoms with Crippen LogP contribution in [-0.4, -0.2) is 15.0 Å². The third-order valence-corrected chi connectivity index (χ3v) is 3.69. The Hall–Kier alpha value is -2.81. The number of benzene rings is 1. The number of pyridine rings is 3. The highest BCUT2D eigenvalue weighted by Gasteiger charge is 2.08. The Bertz CT molecular complexity index is 946. The van der Waals surface area contributed by atoms with E-state index in [0.29, 0.717) is 0 Å². The van der Waals surface area contributed by atoms with Crippen LogP contribution >= 0.6 is 0 Å². The molecule has 3 heterocycles. The smallest absolute Gasteiger partial charge is 0.0964 e. The van der Waals surface area contributed by atoms with Gasteiger partial charge in [-0.3, -0.25) is 15.0 Å². The molecule has 0 saturated heterocycles. The monoisotopic (exact) mass is 271 g/mol. The van der Waals surface area contributed by atoms with Crippen LogP contribution in [0.15, 0.2) is 61.1 Å². The number of aryl methyl sites for hydroxylation is 1. The molecule has 0 amide bonds. The lowest BCUT2D eigenvalue weighted by Gasteiger charge is -2.08. The molecule has 0 saturated carbocycles. The number of aromatic nitrogens is 3. The molecular formula is C18H13N3. The number of fused-ring (bicyclic) bond motifs is 3. The summed E-state index contributed by atoms with van der Waals surface area (Å²) in [6, 6.07) is 14.3. The van der Waals surface area contributed by atoms with E-state index < -0.39 is 0 Å². The molecule has 3 heteroatoms. The van der Waals surface area contributed by atoms with Crippen LogP contribution in [0.5, 0.6) is 0 Å². The number of hydrogen-bond donors (Lipinski definition) is 0. The van der Waals surface area contributed by atoms with Gasteiger partial charge in [-0.1, -0.05) is 18.2 Å². The normalized spacial score (nSPS) is 11.1. The van der Waals surface area contributed by atoms with Crippen molar-refractivity contribution >= 4 is 21.5 Å². The lowest BCUT2D eigenvalue weighted by Crippen LogP contribution is -1.90. The second-order valence-corrected chi connectivity index (χ2v) is 5.08. The third-order valence-electron chi connectivity index (χ3n) is 3.69. The highest BCUT2D eigenvalue weighted by atomic mass is 14.8. The van der Waals surface area contributed by atoms with Gasteiger partial charge >= 0.3 is 0 Å². The average Bonchev–Trinajstić information content (AvgIpc) is 2.54. The fourth-order valence-corrected chi connectivity index (χ4v) is 2.70. The second kappa shape index (κ2) is 4.63. The first-order valence-electron chi connectivity index (χ1n) is 6.88. The van der Waals surface area contributed by atoms with E-state index in [9.17, 15) is 0 Å². The maximum Gasteiger partial charge on any atom is 0.0964 e. The van der Waals surface area contributed by atoms with Gasteiger partial charge in [0.25, 0.3) is 0 Å². The summed E-state index contributed by atoms with van der Waals surface area (Å²) >= 11 is 0. The Morgan fingerprint density at radius 1 is 0.762 bits per heavy atom. The first-order valence-corrected chi connectivity index (χ1v) is 6.88. The zero-order valence-corrected chi connectivity index (χ0v) is 11.6. The molecule has 0 unspecified atom stereocenters. The van der Waals surface area contributed by atoms with E-state index in [0.717, 1.165) is 33.2 Å².